The van der Waals surface area contributed by atoms with E-state index in [0.29, 0.717) is 43.1 Å². The van der Waals surface area contributed by atoms with Crippen molar-refractivity contribution in [2.75, 3.05) is 26.9 Å². The summed E-state index contributed by atoms with van der Waals surface area (Å²) in [5, 5.41) is 15.9. The molecule has 0 spiro atoms. The van der Waals surface area contributed by atoms with Crippen LogP contribution >= 0.6 is 11.6 Å². The van der Waals surface area contributed by atoms with Crippen LogP contribution in [-0.4, -0.2) is 58.0 Å². The Kier molecular flexibility index (Phi) is 5.94. The van der Waals surface area contributed by atoms with Crippen molar-refractivity contribution in [3.05, 3.63) is 67.6 Å². The average molecular weight is 488 g/mol. The van der Waals surface area contributed by atoms with Crippen molar-refractivity contribution in [1.29, 1.82) is 0 Å². The molecular formula is C24H27ClFN5O3. The first-order chi connectivity index (χ1) is 16.1. The lowest BCUT2D eigenvalue weighted by molar-refractivity contribution is -0.849. The number of aromatic nitrogens is 3. The van der Waals surface area contributed by atoms with Crippen molar-refractivity contribution in [3.8, 4) is 11.4 Å². The number of quaternary nitrogens is 1. The zero-order valence-corrected chi connectivity index (χ0v) is 20.1. The molecule has 5 rings (SSSR count). The standard InChI is InChI=1S/C24H27ClFN5O3/c1-13-14(2)28-22-10-19(15-6-7-34-21(8-15)20-11-31(3,33)12-27-20)29-23(30(22)24(13)32)17-5-4-16(25)9-18(17)26/h4-5,9-10,15,20-21,27H,6-8,11-12H2,1-3H3. The maximum absolute atomic E-state index is 15.0. The van der Waals surface area contributed by atoms with Crippen LogP contribution in [-0.2, 0) is 4.74 Å². The predicted molar refractivity (Wildman–Crippen MR) is 127 cm³/mol. The molecule has 2 saturated heterocycles. The van der Waals surface area contributed by atoms with E-state index < -0.39 is 5.82 Å². The number of fused-ring (bicyclic) bond motifs is 1. The van der Waals surface area contributed by atoms with E-state index in [1.54, 1.807) is 27.0 Å². The van der Waals surface area contributed by atoms with E-state index in [4.69, 9.17) is 21.3 Å². The van der Waals surface area contributed by atoms with Crippen LogP contribution in [0.15, 0.2) is 29.1 Å². The summed E-state index contributed by atoms with van der Waals surface area (Å²) in [4.78, 5) is 22.6. The van der Waals surface area contributed by atoms with Crippen molar-refractivity contribution in [2.24, 2.45) is 0 Å². The molecule has 0 amide bonds. The number of hydroxylamine groups is 3. The summed E-state index contributed by atoms with van der Waals surface area (Å²) in [6, 6.07) is 6.10. The molecule has 10 heteroatoms. The summed E-state index contributed by atoms with van der Waals surface area (Å²) in [6.07, 6.45) is 1.27. The highest BCUT2D eigenvalue weighted by Crippen LogP contribution is 2.34. The van der Waals surface area contributed by atoms with Gasteiger partial charge in [-0.1, -0.05) is 11.6 Å². The van der Waals surface area contributed by atoms with Gasteiger partial charge in [0, 0.05) is 40.6 Å². The minimum atomic E-state index is -0.559. The Bertz CT molecular complexity index is 1330. The number of nitrogens with zero attached hydrogens (tertiary/aromatic N) is 4. The lowest BCUT2D eigenvalue weighted by Gasteiger charge is -2.35. The molecule has 8 nitrogen and oxygen atoms in total. The second kappa shape index (κ2) is 8.66. The monoisotopic (exact) mass is 487 g/mol. The molecule has 2 fully saturated rings. The second-order valence-electron chi connectivity index (χ2n) is 9.53. The van der Waals surface area contributed by atoms with E-state index in [1.807, 2.05) is 6.07 Å². The summed E-state index contributed by atoms with van der Waals surface area (Å²) in [6.45, 7) is 4.82. The molecule has 4 unspecified atom stereocenters. The van der Waals surface area contributed by atoms with E-state index in [-0.39, 0.29) is 44.7 Å². The molecule has 1 N–H and O–H groups in total. The number of aryl methyl sites for hydroxylation is 1. The fourth-order valence-corrected chi connectivity index (χ4v) is 5.07. The van der Waals surface area contributed by atoms with Crippen molar-refractivity contribution >= 4 is 17.2 Å². The molecule has 0 radical (unpaired) electrons. The molecule has 3 aromatic rings. The van der Waals surface area contributed by atoms with Crippen LogP contribution in [0.25, 0.3) is 17.0 Å². The maximum Gasteiger partial charge on any atom is 0.262 e. The lowest BCUT2D eigenvalue weighted by atomic mass is 9.89. The number of ether oxygens (including phenoxy) is 1. The molecule has 180 valence electrons. The van der Waals surface area contributed by atoms with Crippen molar-refractivity contribution in [3.63, 3.8) is 0 Å². The van der Waals surface area contributed by atoms with Crippen molar-refractivity contribution in [1.82, 2.24) is 19.7 Å². The van der Waals surface area contributed by atoms with Crippen LogP contribution in [0.5, 0.6) is 0 Å². The Balaban J connectivity index is 1.61. The van der Waals surface area contributed by atoms with Crippen LogP contribution in [0.2, 0.25) is 5.02 Å². The van der Waals surface area contributed by atoms with Gasteiger partial charge in [0.15, 0.2) is 5.82 Å². The first kappa shape index (κ1) is 23.3. The van der Waals surface area contributed by atoms with Gasteiger partial charge >= 0.3 is 0 Å². The number of likely N-dealkylation sites (N-methyl/N-ethyl adjacent to an activating group) is 1. The largest absolute Gasteiger partial charge is 0.632 e. The van der Waals surface area contributed by atoms with Crippen molar-refractivity contribution in [2.45, 2.75) is 44.8 Å². The zero-order valence-electron chi connectivity index (χ0n) is 19.3. The predicted octanol–water partition coefficient (Wildman–Crippen LogP) is 3.30. The van der Waals surface area contributed by atoms with E-state index >= 15 is 0 Å². The van der Waals surface area contributed by atoms with Crippen LogP contribution < -0.4 is 10.9 Å². The second-order valence-corrected chi connectivity index (χ2v) is 9.96. The van der Waals surface area contributed by atoms with Crippen LogP contribution in [0.1, 0.15) is 35.7 Å². The van der Waals surface area contributed by atoms with Gasteiger partial charge in [-0.05, 0) is 44.9 Å². The van der Waals surface area contributed by atoms with E-state index in [1.165, 1.54) is 16.5 Å². The number of hydrogen-bond donors (Lipinski definition) is 1. The molecule has 34 heavy (non-hydrogen) atoms. The highest BCUT2D eigenvalue weighted by atomic mass is 35.5. The van der Waals surface area contributed by atoms with Gasteiger partial charge in [-0.2, -0.15) is 0 Å². The van der Waals surface area contributed by atoms with Gasteiger partial charge in [0.1, 0.15) is 18.1 Å². The molecule has 2 aliphatic heterocycles. The molecule has 4 atom stereocenters. The van der Waals surface area contributed by atoms with Crippen molar-refractivity contribution < 1.29 is 13.8 Å². The number of benzene rings is 1. The van der Waals surface area contributed by atoms with Crippen LogP contribution in [0.3, 0.4) is 0 Å². The number of hydrogen-bond acceptors (Lipinski definition) is 6. The Morgan fingerprint density at radius 3 is 2.79 bits per heavy atom. The van der Waals surface area contributed by atoms with E-state index in [0.717, 1.165) is 12.1 Å². The molecular weight excluding hydrogens is 461 g/mol. The summed E-state index contributed by atoms with van der Waals surface area (Å²) in [7, 11) is 1.65. The summed E-state index contributed by atoms with van der Waals surface area (Å²) in [5.74, 6) is -0.339. The van der Waals surface area contributed by atoms with Crippen LogP contribution in [0, 0.1) is 24.9 Å². The van der Waals surface area contributed by atoms with Gasteiger partial charge < -0.3 is 14.6 Å². The number of nitrogens with one attached hydrogen (secondary N) is 1. The smallest absolute Gasteiger partial charge is 0.262 e. The third-order valence-electron chi connectivity index (χ3n) is 6.93. The first-order valence-electron chi connectivity index (χ1n) is 11.4. The van der Waals surface area contributed by atoms with Crippen LogP contribution in [0.4, 0.5) is 4.39 Å². The Hall–Kier alpha value is -2.43. The van der Waals surface area contributed by atoms with Gasteiger partial charge in [-0.15, -0.1) is 0 Å². The highest BCUT2D eigenvalue weighted by Gasteiger charge is 2.38. The van der Waals surface area contributed by atoms with E-state index in [2.05, 4.69) is 10.3 Å². The van der Waals surface area contributed by atoms with Gasteiger partial charge in [-0.3, -0.25) is 10.1 Å². The molecule has 1 aromatic carbocycles. The normalized spacial score (nSPS) is 27.4. The van der Waals surface area contributed by atoms with Gasteiger partial charge in [-0.25, -0.2) is 18.8 Å². The summed E-state index contributed by atoms with van der Waals surface area (Å²) >= 11 is 5.97. The third-order valence-corrected chi connectivity index (χ3v) is 7.16. The molecule has 0 aliphatic carbocycles. The Labute approximate surface area is 201 Å². The molecule has 2 aliphatic rings. The Morgan fingerprint density at radius 1 is 1.29 bits per heavy atom. The SMILES string of the molecule is Cc1nc2cc(C3CCOC(C4C[N+](C)([O-])CN4)C3)nc(-c3ccc(Cl)cc3F)n2c(=O)c1C. The fourth-order valence-electron chi connectivity index (χ4n) is 4.91. The molecule has 4 heterocycles. The molecule has 0 saturated carbocycles. The molecule has 2 aromatic heterocycles. The fraction of sp³-hybridized carbons (Fsp3) is 0.458. The quantitative estimate of drug-likeness (QED) is 0.450. The van der Waals surface area contributed by atoms with Gasteiger partial charge in [0.2, 0.25) is 0 Å². The number of halogens is 2. The maximum atomic E-state index is 15.0. The number of rotatable bonds is 3. The first-order valence-corrected chi connectivity index (χ1v) is 11.8. The zero-order chi connectivity index (χ0) is 24.2. The van der Waals surface area contributed by atoms with E-state index in [9.17, 15) is 14.4 Å². The molecule has 0 bridgehead atoms. The average Bonchev–Trinajstić information content (AvgIpc) is 3.16. The minimum absolute atomic E-state index is 0.0178. The lowest BCUT2D eigenvalue weighted by Crippen LogP contribution is -2.43. The Morgan fingerprint density at radius 2 is 2.09 bits per heavy atom. The summed E-state index contributed by atoms with van der Waals surface area (Å²) < 4.78 is 22.0. The van der Waals surface area contributed by atoms with Gasteiger partial charge in [0.25, 0.3) is 5.56 Å². The topological polar surface area (TPSA) is 91.6 Å². The summed E-state index contributed by atoms with van der Waals surface area (Å²) in [5.41, 5.74) is 2.16. The minimum Gasteiger partial charge on any atom is -0.632 e. The van der Waals surface area contributed by atoms with Gasteiger partial charge in [0.05, 0.1) is 31.3 Å². The highest BCUT2D eigenvalue weighted by molar-refractivity contribution is 6.30. The third kappa shape index (κ3) is 4.23.